The third-order valence-electron chi connectivity index (χ3n) is 9.61. The van der Waals surface area contributed by atoms with E-state index in [1.807, 2.05) is 48.5 Å². The second-order valence-corrected chi connectivity index (χ2v) is 12.6. The molecule has 0 N–H and O–H groups in total. The lowest BCUT2D eigenvalue weighted by molar-refractivity contribution is 0.669. The van der Waals surface area contributed by atoms with Gasteiger partial charge in [0.15, 0.2) is 5.82 Å². The monoisotopic (exact) mass is 639 g/mol. The van der Waals surface area contributed by atoms with Crippen molar-refractivity contribution >= 4 is 43.7 Å². The Bertz CT molecular complexity index is 2810. The Balaban J connectivity index is 1.16. The molecular weight excluding hydrogens is 611 g/mol. The van der Waals surface area contributed by atoms with Crippen LogP contribution in [-0.2, 0) is 0 Å². The van der Waals surface area contributed by atoms with Gasteiger partial charge < -0.3 is 8.98 Å². The lowest BCUT2D eigenvalue weighted by Crippen LogP contribution is -1.96. The van der Waals surface area contributed by atoms with E-state index in [2.05, 4.69) is 132 Å². The minimum absolute atomic E-state index is 0.697. The van der Waals surface area contributed by atoms with E-state index in [0.29, 0.717) is 5.82 Å². The number of rotatable bonds is 5. The first-order valence-corrected chi connectivity index (χ1v) is 16.8. The molecule has 0 spiro atoms. The zero-order chi connectivity index (χ0) is 33.0. The van der Waals surface area contributed by atoms with Crippen LogP contribution < -0.4 is 0 Å². The van der Waals surface area contributed by atoms with E-state index in [9.17, 15) is 0 Å². The zero-order valence-electron chi connectivity index (χ0n) is 27.0. The molecule has 7 aromatic carbocycles. The number of fused-ring (bicyclic) bond motifs is 6. The molecule has 0 amide bonds. The molecule has 0 aliphatic heterocycles. The Kier molecular flexibility index (Phi) is 6.46. The van der Waals surface area contributed by atoms with E-state index < -0.39 is 0 Å². The second kappa shape index (κ2) is 11.4. The maximum absolute atomic E-state index is 6.17. The summed E-state index contributed by atoms with van der Waals surface area (Å²) in [7, 11) is 0. The maximum Gasteiger partial charge on any atom is 0.160 e. The van der Waals surface area contributed by atoms with Gasteiger partial charge in [-0.15, -0.1) is 0 Å². The van der Waals surface area contributed by atoms with Crippen molar-refractivity contribution in [2.75, 3.05) is 0 Å². The van der Waals surface area contributed by atoms with E-state index in [1.54, 1.807) is 0 Å². The Morgan fingerprint density at radius 2 is 1.00 bits per heavy atom. The van der Waals surface area contributed by atoms with Crippen molar-refractivity contribution in [2.24, 2.45) is 0 Å². The molecule has 0 aliphatic rings. The van der Waals surface area contributed by atoms with Crippen LogP contribution in [0, 0.1) is 0 Å². The molecule has 10 aromatic rings. The van der Waals surface area contributed by atoms with Crippen molar-refractivity contribution < 1.29 is 4.42 Å². The van der Waals surface area contributed by atoms with Crippen molar-refractivity contribution in [1.82, 2.24) is 14.5 Å². The standard InChI is InChI=1S/C46H29N3O/c1-3-13-30(14-4-1)39-29-40(31-15-5-2-6-16-31)48-46(47-39)33-18-11-17-32(27-33)35-21-12-23-42-45(35)37-20-7-9-22-41(37)49(42)34-25-26-44-38(28-34)36-19-8-10-24-43(36)50-44/h1-29H. The highest BCUT2D eigenvalue weighted by Gasteiger charge is 2.18. The first kappa shape index (κ1) is 28.3. The van der Waals surface area contributed by atoms with E-state index in [1.165, 1.54) is 10.8 Å². The third kappa shape index (κ3) is 4.61. The summed E-state index contributed by atoms with van der Waals surface area (Å²) < 4.78 is 8.54. The minimum Gasteiger partial charge on any atom is -0.456 e. The number of hydrogen-bond donors (Lipinski definition) is 0. The van der Waals surface area contributed by atoms with Gasteiger partial charge in [0.25, 0.3) is 0 Å². The van der Waals surface area contributed by atoms with Gasteiger partial charge in [-0.25, -0.2) is 9.97 Å². The van der Waals surface area contributed by atoms with E-state index in [-0.39, 0.29) is 0 Å². The fourth-order valence-electron chi connectivity index (χ4n) is 7.31. The number of aromatic nitrogens is 3. The SMILES string of the molecule is c1ccc(-c2cc(-c3ccccc3)nc(-c3cccc(-c4cccc5c4c4ccccc4n5-c4ccc5oc6ccccc6c5c4)c3)n2)cc1. The first-order valence-electron chi connectivity index (χ1n) is 16.8. The molecule has 3 aromatic heterocycles. The molecule has 0 saturated carbocycles. The summed E-state index contributed by atoms with van der Waals surface area (Å²) in [6.45, 7) is 0. The summed E-state index contributed by atoms with van der Waals surface area (Å²) in [6.07, 6.45) is 0. The van der Waals surface area contributed by atoms with Crippen molar-refractivity contribution in [3.05, 3.63) is 176 Å². The number of para-hydroxylation sites is 2. The second-order valence-electron chi connectivity index (χ2n) is 12.6. The van der Waals surface area contributed by atoms with Gasteiger partial charge in [0.05, 0.1) is 22.4 Å². The van der Waals surface area contributed by atoms with Crippen LogP contribution in [0.1, 0.15) is 0 Å². The fraction of sp³-hybridized carbons (Fsp3) is 0. The van der Waals surface area contributed by atoms with Crippen LogP contribution in [-0.4, -0.2) is 14.5 Å². The third-order valence-corrected chi connectivity index (χ3v) is 9.61. The molecule has 50 heavy (non-hydrogen) atoms. The molecular formula is C46H29N3O. The number of furan rings is 1. The van der Waals surface area contributed by atoms with Crippen LogP contribution in [0.2, 0.25) is 0 Å². The van der Waals surface area contributed by atoms with Gasteiger partial charge in [0, 0.05) is 43.9 Å². The van der Waals surface area contributed by atoms with E-state index in [4.69, 9.17) is 14.4 Å². The van der Waals surface area contributed by atoms with Gasteiger partial charge in [0.1, 0.15) is 11.2 Å². The lowest BCUT2D eigenvalue weighted by Gasteiger charge is -2.11. The van der Waals surface area contributed by atoms with E-state index >= 15 is 0 Å². The Morgan fingerprint density at radius 3 is 1.78 bits per heavy atom. The average Bonchev–Trinajstić information content (AvgIpc) is 3.74. The van der Waals surface area contributed by atoms with Crippen molar-refractivity contribution in [1.29, 1.82) is 0 Å². The minimum atomic E-state index is 0.697. The molecule has 0 radical (unpaired) electrons. The highest BCUT2D eigenvalue weighted by molar-refractivity contribution is 6.16. The number of benzene rings is 7. The van der Waals surface area contributed by atoms with E-state index in [0.717, 1.165) is 77.9 Å². The van der Waals surface area contributed by atoms with Crippen molar-refractivity contribution in [3.63, 3.8) is 0 Å². The summed E-state index contributed by atoms with van der Waals surface area (Å²) in [4.78, 5) is 10.2. The van der Waals surface area contributed by atoms with Crippen LogP contribution >= 0.6 is 0 Å². The highest BCUT2D eigenvalue weighted by atomic mass is 16.3. The quantitative estimate of drug-likeness (QED) is 0.188. The van der Waals surface area contributed by atoms with Crippen LogP contribution in [0.5, 0.6) is 0 Å². The highest BCUT2D eigenvalue weighted by Crippen LogP contribution is 2.40. The Labute approximate surface area is 288 Å². The average molecular weight is 640 g/mol. The van der Waals surface area contributed by atoms with Crippen molar-refractivity contribution in [2.45, 2.75) is 0 Å². The largest absolute Gasteiger partial charge is 0.456 e. The van der Waals surface area contributed by atoms with Crippen molar-refractivity contribution in [3.8, 4) is 50.7 Å². The van der Waals surface area contributed by atoms with Crippen LogP contribution in [0.15, 0.2) is 180 Å². The molecule has 0 saturated heterocycles. The normalized spacial score (nSPS) is 11.6. The zero-order valence-corrected chi connectivity index (χ0v) is 27.0. The van der Waals surface area contributed by atoms with Gasteiger partial charge in [-0.05, 0) is 59.7 Å². The Hall–Kier alpha value is -6.78. The van der Waals surface area contributed by atoms with Crippen LogP contribution in [0.25, 0.3) is 94.5 Å². The summed E-state index contributed by atoms with van der Waals surface area (Å²) in [5.74, 6) is 0.697. The predicted molar refractivity (Wildman–Crippen MR) is 205 cm³/mol. The molecule has 0 fully saturated rings. The summed E-state index contributed by atoms with van der Waals surface area (Å²) in [5.41, 5.74) is 12.3. The van der Waals surface area contributed by atoms with Gasteiger partial charge in [-0.1, -0.05) is 127 Å². The van der Waals surface area contributed by atoms with Crippen LogP contribution in [0.3, 0.4) is 0 Å². The maximum atomic E-state index is 6.17. The smallest absolute Gasteiger partial charge is 0.160 e. The molecule has 10 rings (SSSR count). The fourth-order valence-corrected chi connectivity index (χ4v) is 7.31. The summed E-state index contributed by atoms with van der Waals surface area (Å²) in [6, 6.07) is 61.4. The first-order chi connectivity index (χ1) is 24.8. The molecule has 0 aliphatic carbocycles. The topological polar surface area (TPSA) is 43.9 Å². The Morgan fingerprint density at radius 1 is 0.400 bits per heavy atom. The van der Waals surface area contributed by atoms with Gasteiger partial charge >= 0.3 is 0 Å². The number of hydrogen-bond acceptors (Lipinski definition) is 3. The molecule has 0 bridgehead atoms. The molecule has 4 heteroatoms. The summed E-state index contributed by atoms with van der Waals surface area (Å²) >= 11 is 0. The molecule has 234 valence electrons. The van der Waals surface area contributed by atoms with Gasteiger partial charge in [-0.3, -0.25) is 0 Å². The molecule has 0 unspecified atom stereocenters. The molecule has 0 atom stereocenters. The summed E-state index contributed by atoms with van der Waals surface area (Å²) in [5, 5.41) is 4.65. The van der Waals surface area contributed by atoms with Gasteiger partial charge in [-0.2, -0.15) is 0 Å². The van der Waals surface area contributed by atoms with Crippen LogP contribution in [0.4, 0.5) is 0 Å². The lowest BCUT2D eigenvalue weighted by atomic mass is 9.97. The molecule has 4 nitrogen and oxygen atoms in total. The predicted octanol–water partition coefficient (Wildman–Crippen LogP) is 12.1. The molecule has 3 heterocycles. The number of nitrogens with zero attached hydrogens (tertiary/aromatic N) is 3. The van der Waals surface area contributed by atoms with Gasteiger partial charge in [0.2, 0.25) is 0 Å².